The molecule has 1 aromatic carbocycles. The molecule has 0 unspecified atom stereocenters. The van der Waals surface area contributed by atoms with Gasteiger partial charge in [0, 0.05) is 19.4 Å². The van der Waals surface area contributed by atoms with Crippen molar-refractivity contribution in [3.8, 4) is 0 Å². The molecule has 2 aromatic heterocycles. The fraction of sp³-hybridized carbons (Fsp3) is 0.312. The lowest BCUT2D eigenvalue weighted by Gasteiger charge is -2.06. The van der Waals surface area contributed by atoms with E-state index in [1.807, 2.05) is 6.92 Å². The van der Waals surface area contributed by atoms with E-state index < -0.39 is 19.9 Å². The molecule has 0 atom stereocenters. The van der Waals surface area contributed by atoms with E-state index in [4.69, 9.17) is 4.74 Å². The van der Waals surface area contributed by atoms with E-state index >= 15 is 0 Å². The van der Waals surface area contributed by atoms with Crippen LogP contribution in [0.2, 0.25) is 0 Å². The Morgan fingerprint density at radius 1 is 1.19 bits per heavy atom. The Labute approximate surface area is 165 Å². The van der Waals surface area contributed by atoms with E-state index in [1.165, 1.54) is 12.1 Å². The first-order valence-corrected chi connectivity index (χ1v) is 13.0. The molecule has 0 N–H and O–H groups in total. The molecule has 2 heterocycles. The van der Waals surface area contributed by atoms with E-state index in [1.54, 1.807) is 28.1 Å². The summed E-state index contributed by atoms with van der Waals surface area (Å²) in [6.07, 6.45) is 1.14. The number of fused-ring (bicyclic) bond motifs is 1. The van der Waals surface area contributed by atoms with Crippen LogP contribution >= 0.6 is 22.7 Å². The summed E-state index contributed by atoms with van der Waals surface area (Å²) in [4.78, 5) is 0.463. The van der Waals surface area contributed by atoms with Gasteiger partial charge in [-0.2, -0.15) is 8.42 Å². The zero-order valence-corrected chi connectivity index (χ0v) is 17.9. The number of benzene rings is 1. The summed E-state index contributed by atoms with van der Waals surface area (Å²) in [5.74, 6) is 0. The molecule has 0 radical (unpaired) electrons. The summed E-state index contributed by atoms with van der Waals surface area (Å²) in [6, 6.07) is 7.88. The molecule has 3 aromatic rings. The Hall–Kier alpha value is -1.53. The minimum absolute atomic E-state index is 0.160. The lowest BCUT2D eigenvalue weighted by Crippen LogP contribution is -2.19. The highest BCUT2D eigenvalue weighted by atomic mass is 32.2. The van der Waals surface area contributed by atoms with Gasteiger partial charge in [-0.05, 0) is 36.6 Å². The Morgan fingerprint density at radius 3 is 2.59 bits per heavy atom. The van der Waals surface area contributed by atoms with Crippen LogP contribution in [0.1, 0.15) is 6.92 Å². The van der Waals surface area contributed by atoms with Gasteiger partial charge in [0.15, 0.2) is 9.84 Å². The molecular weight excluding hydrogens is 428 g/mol. The number of ether oxygens (including phenoxy) is 1. The summed E-state index contributed by atoms with van der Waals surface area (Å²) in [7, 11) is -7.20. The minimum atomic E-state index is -3.84. The highest BCUT2D eigenvalue weighted by molar-refractivity contribution is 7.92. The van der Waals surface area contributed by atoms with Crippen LogP contribution in [0.4, 0.5) is 0 Å². The minimum Gasteiger partial charge on any atom is -0.380 e. The number of thiazole rings is 1. The predicted molar refractivity (Wildman–Crippen MR) is 106 cm³/mol. The number of hydrogen-bond acceptors (Lipinski definition) is 7. The van der Waals surface area contributed by atoms with Gasteiger partial charge < -0.3 is 9.30 Å². The summed E-state index contributed by atoms with van der Waals surface area (Å²) < 4.78 is 60.7. The second-order valence-corrected chi connectivity index (χ2v) is 11.4. The van der Waals surface area contributed by atoms with Crippen LogP contribution < -0.4 is 4.80 Å². The van der Waals surface area contributed by atoms with E-state index in [0.29, 0.717) is 30.0 Å². The van der Waals surface area contributed by atoms with Crippen molar-refractivity contribution in [3.05, 3.63) is 40.5 Å². The number of rotatable bonds is 7. The first-order valence-electron chi connectivity index (χ1n) is 7.98. The zero-order chi connectivity index (χ0) is 19.7. The molecule has 0 bridgehead atoms. The maximum Gasteiger partial charge on any atom is 0.294 e. The fourth-order valence-corrected chi connectivity index (χ4v) is 6.42. The number of aromatic nitrogens is 1. The summed E-state index contributed by atoms with van der Waals surface area (Å²) in [6.45, 7) is 3.22. The quantitative estimate of drug-likeness (QED) is 0.520. The molecule has 0 aliphatic rings. The molecular formula is C16H18N2O5S4. The maximum absolute atomic E-state index is 12.6. The van der Waals surface area contributed by atoms with Crippen LogP contribution in [0, 0.1) is 0 Å². The molecule has 0 saturated heterocycles. The van der Waals surface area contributed by atoms with Gasteiger partial charge in [-0.1, -0.05) is 17.4 Å². The highest BCUT2D eigenvalue weighted by Crippen LogP contribution is 2.23. The largest absolute Gasteiger partial charge is 0.380 e. The van der Waals surface area contributed by atoms with Crippen molar-refractivity contribution in [2.24, 2.45) is 4.40 Å². The third kappa shape index (κ3) is 4.49. The van der Waals surface area contributed by atoms with Gasteiger partial charge in [0.25, 0.3) is 10.0 Å². The van der Waals surface area contributed by atoms with Gasteiger partial charge in [-0.25, -0.2) is 8.42 Å². The smallest absolute Gasteiger partial charge is 0.294 e. The molecule has 0 spiro atoms. The normalized spacial score (nSPS) is 13.5. The third-order valence-electron chi connectivity index (χ3n) is 3.69. The van der Waals surface area contributed by atoms with Crippen molar-refractivity contribution in [3.63, 3.8) is 0 Å². The maximum atomic E-state index is 12.6. The number of nitrogens with zero attached hydrogens (tertiary/aromatic N) is 2. The van der Waals surface area contributed by atoms with Gasteiger partial charge in [0.2, 0.25) is 4.80 Å². The van der Waals surface area contributed by atoms with Crippen LogP contribution in [0.25, 0.3) is 10.2 Å². The molecule has 3 rings (SSSR count). The number of sulfone groups is 1. The topological polar surface area (TPSA) is 94.8 Å². The third-order valence-corrected chi connectivity index (χ3v) is 8.60. The van der Waals surface area contributed by atoms with Crippen LogP contribution in [0.3, 0.4) is 0 Å². The first-order chi connectivity index (χ1) is 12.7. The molecule has 0 aliphatic carbocycles. The van der Waals surface area contributed by atoms with Crippen molar-refractivity contribution in [2.75, 3.05) is 19.5 Å². The van der Waals surface area contributed by atoms with Gasteiger partial charge >= 0.3 is 0 Å². The van der Waals surface area contributed by atoms with E-state index in [0.717, 1.165) is 28.9 Å². The van der Waals surface area contributed by atoms with Crippen LogP contribution in [-0.4, -0.2) is 40.9 Å². The van der Waals surface area contributed by atoms with Crippen LogP contribution in [0.5, 0.6) is 0 Å². The van der Waals surface area contributed by atoms with Gasteiger partial charge in [-0.3, -0.25) is 0 Å². The van der Waals surface area contributed by atoms with Crippen LogP contribution in [0.15, 0.2) is 49.2 Å². The van der Waals surface area contributed by atoms with Crippen molar-refractivity contribution in [1.82, 2.24) is 4.57 Å². The molecule has 146 valence electrons. The summed E-state index contributed by atoms with van der Waals surface area (Å²) >= 11 is 2.24. The summed E-state index contributed by atoms with van der Waals surface area (Å²) in [5, 5.41) is 1.68. The second-order valence-electron chi connectivity index (χ2n) is 5.63. The zero-order valence-electron chi connectivity index (χ0n) is 14.7. The van der Waals surface area contributed by atoms with Gasteiger partial charge in [0.05, 0.1) is 21.7 Å². The summed E-state index contributed by atoms with van der Waals surface area (Å²) in [5.41, 5.74) is 0.715. The average molecular weight is 447 g/mol. The lowest BCUT2D eigenvalue weighted by atomic mass is 10.3. The first kappa shape index (κ1) is 20.2. The van der Waals surface area contributed by atoms with Crippen molar-refractivity contribution < 1.29 is 21.6 Å². The average Bonchev–Trinajstić information content (AvgIpc) is 3.22. The molecule has 0 amide bonds. The van der Waals surface area contributed by atoms with E-state index in [9.17, 15) is 16.8 Å². The highest BCUT2D eigenvalue weighted by Gasteiger charge is 2.17. The second kappa shape index (κ2) is 7.84. The Bertz CT molecular complexity index is 1220. The number of hydrogen-bond donors (Lipinski definition) is 0. The molecule has 0 fully saturated rings. The SMILES string of the molecule is CCOCCn1c(=NS(=O)(=O)c2cccs2)sc2cc(S(C)(=O)=O)ccc21. The Balaban J connectivity index is 2.20. The Kier molecular flexibility index (Phi) is 5.87. The number of thiophene rings is 1. The van der Waals surface area contributed by atoms with Gasteiger partial charge in [-0.15, -0.1) is 15.7 Å². The number of sulfonamides is 1. The monoisotopic (exact) mass is 446 g/mol. The predicted octanol–water partition coefficient (Wildman–Crippen LogP) is 2.49. The standard InChI is InChI=1S/C16H18N2O5S4/c1-3-23-9-8-18-13-7-6-12(26(2,19)20)11-14(13)25-16(18)17-27(21,22)15-5-4-10-24-15/h4-7,10-11H,3,8-9H2,1-2H3. The van der Waals surface area contributed by atoms with Crippen LogP contribution in [-0.2, 0) is 31.1 Å². The van der Waals surface area contributed by atoms with E-state index in [-0.39, 0.29) is 13.9 Å². The molecule has 7 nitrogen and oxygen atoms in total. The van der Waals surface area contributed by atoms with Gasteiger partial charge in [0.1, 0.15) is 4.21 Å². The van der Waals surface area contributed by atoms with Crippen molar-refractivity contribution in [2.45, 2.75) is 22.6 Å². The fourth-order valence-electron chi connectivity index (χ4n) is 2.43. The lowest BCUT2D eigenvalue weighted by molar-refractivity contribution is 0.139. The van der Waals surface area contributed by atoms with Crippen molar-refractivity contribution in [1.29, 1.82) is 0 Å². The Morgan fingerprint density at radius 2 is 1.96 bits per heavy atom. The molecule has 0 aliphatic heterocycles. The molecule has 0 saturated carbocycles. The molecule has 11 heteroatoms. The molecule has 27 heavy (non-hydrogen) atoms. The van der Waals surface area contributed by atoms with E-state index in [2.05, 4.69) is 4.40 Å². The van der Waals surface area contributed by atoms with Crippen molar-refractivity contribution >= 4 is 52.8 Å².